The van der Waals surface area contributed by atoms with Crippen LogP contribution in [-0.2, 0) is 17.9 Å². The summed E-state index contributed by atoms with van der Waals surface area (Å²) in [6, 6.07) is 7.73. The van der Waals surface area contributed by atoms with E-state index in [2.05, 4.69) is 20.8 Å². The SMILES string of the molecule is O=C(Cn1cccn1)NCc1ccnc(-c2ccsc2)c1. The average molecular weight is 298 g/mol. The second-order valence-corrected chi connectivity index (χ2v) is 5.32. The predicted octanol–water partition coefficient (Wildman–Crippen LogP) is 2.32. The lowest BCUT2D eigenvalue weighted by molar-refractivity contribution is -0.122. The zero-order valence-electron chi connectivity index (χ0n) is 11.3. The lowest BCUT2D eigenvalue weighted by atomic mass is 10.1. The number of hydrogen-bond donors (Lipinski definition) is 1. The summed E-state index contributed by atoms with van der Waals surface area (Å²) < 4.78 is 1.60. The molecule has 1 amide bonds. The Morgan fingerprint density at radius 3 is 3.05 bits per heavy atom. The van der Waals surface area contributed by atoms with Crippen molar-refractivity contribution in [2.45, 2.75) is 13.1 Å². The van der Waals surface area contributed by atoms with Gasteiger partial charge in [-0.1, -0.05) is 0 Å². The molecule has 0 unspecified atom stereocenters. The number of rotatable bonds is 5. The first kappa shape index (κ1) is 13.5. The second kappa shape index (κ2) is 6.32. The highest BCUT2D eigenvalue weighted by Gasteiger charge is 2.04. The van der Waals surface area contributed by atoms with Gasteiger partial charge < -0.3 is 5.32 Å². The number of thiophene rings is 1. The average Bonchev–Trinajstić information content (AvgIpc) is 3.19. The van der Waals surface area contributed by atoms with Crippen LogP contribution < -0.4 is 5.32 Å². The van der Waals surface area contributed by atoms with Gasteiger partial charge in [-0.05, 0) is 35.2 Å². The van der Waals surface area contributed by atoms with Crippen molar-refractivity contribution in [2.75, 3.05) is 0 Å². The molecule has 0 atom stereocenters. The molecule has 1 N–H and O–H groups in total. The zero-order chi connectivity index (χ0) is 14.5. The molecule has 0 aliphatic carbocycles. The minimum atomic E-state index is -0.0624. The fraction of sp³-hybridized carbons (Fsp3) is 0.133. The van der Waals surface area contributed by atoms with Crippen LogP contribution in [0.15, 0.2) is 53.6 Å². The lowest BCUT2D eigenvalue weighted by Gasteiger charge is -2.06. The molecule has 3 aromatic heterocycles. The Morgan fingerprint density at radius 2 is 2.29 bits per heavy atom. The number of nitrogens with one attached hydrogen (secondary N) is 1. The smallest absolute Gasteiger partial charge is 0.241 e. The van der Waals surface area contributed by atoms with Gasteiger partial charge in [-0.2, -0.15) is 16.4 Å². The van der Waals surface area contributed by atoms with Gasteiger partial charge in [0.15, 0.2) is 0 Å². The number of pyridine rings is 1. The van der Waals surface area contributed by atoms with Crippen molar-refractivity contribution in [3.63, 3.8) is 0 Å². The van der Waals surface area contributed by atoms with Gasteiger partial charge in [-0.25, -0.2) is 0 Å². The summed E-state index contributed by atoms with van der Waals surface area (Å²) in [6.07, 6.45) is 5.19. The van der Waals surface area contributed by atoms with Crippen molar-refractivity contribution < 1.29 is 4.79 Å². The third kappa shape index (κ3) is 3.55. The summed E-state index contributed by atoms with van der Waals surface area (Å²) >= 11 is 1.64. The number of carbonyl (C=O) groups excluding carboxylic acids is 1. The van der Waals surface area contributed by atoms with Crippen LogP contribution in [0.3, 0.4) is 0 Å². The fourth-order valence-electron chi connectivity index (χ4n) is 1.95. The molecule has 21 heavy (non-hydrogen) atoms. The van der Waals surface area contributed by atoms with Crippen LogP contribution in [0, 0.1) is 0 Å². The molecule has 6 heteroatoms. The molecule has 5 nitrogen and oxygen atoms in total. The van der Waals surface area contributed by atoms with Gasteiger partial charge in [0.05, 0.1) is 5.69 Å². The standard InChI is InChI=1S/C15H14N4OS/c20-15(10-19-6-1-4-18-19)17-9-12-2-5-16-14(8-12)13-3-7-21-11-13/h1-8,11H,9-10H2,(H,17,20). The molecule has 3 heterocycles. The van der Waals surface area contributed by atoms with E-state index < -0.39 is 0 Å². The van der Waals surface area contributed by atoms with Crippen LogP contribution in [0.5, 0.6) is 0 Å². The van der Waals surface area contributed by atoms with Gasteiger partial charge in [-0.3, -0.25) is 14.5 Å². The van der Waals surface area contributed by atoms with Gasteiger partial charge in [0.2, 0.25) is 5.91 Å². The maximum atomic E-state index is 11.8. The Balaban J connectivity index is 1.60. The van der Waals surface area contributed by atoms with E-state index >= 15 is 0 Å². The molecule has 0 spiro atoms. The van der Waals surface area contributed by atoms with Crippen LogP contribution >= 0.6 is 11.3 Å². The number of nitrogens with zero attached hydrogens (tertiary/aromatic N) is 3. The van der Waals surface area contributed by atoms with Gasteiger partial charge in [0.25, 0.3) is 0 Å². The first-order valence-electron chi connectivity index (χ1n) is 6.53. The Bertz CT molecular complexity index is 707. The van der Waals surface area contributed by atoms with Crippen LogP contribution in [0.4, 0.5) is 0 Å². The van der Waals surface area contributed by atoms with E-state index in [-0.39, 0.29) is 12.5 Å². The maximum Gasteiger partial charge on any atom is 0.241 e. The second-order valence-electron chi connectivity index (χ2n) is 4.54. The highest BCUT2D eigenvalue weighted by atomic mass is 32.1. The molecule has 106 valence electrons. The normalized spacial score (nSPS) is 10.5. The van der Waals surface area contributed by atoms with Crippen LogP contribution in [0.2, 0.25) is 0 Å². The highest BCUT2D eigenvalue weighted by molar-refractivity contribution is 7.08. The summed E-state index contributed by atoms with van der Waals surface area (Å²) in [5.41, 5.74) is 3.06. The Labute approximate surface area is 126 Å². The van der Waals surface area contributed by atoms with Crippen molar-refractivity contribution in [3.05, 3.63) is 59.2 Å². The van der Waals surface area contributed by atoms with Crippen molar-refractivity contribution in [1.82, 2.24) is 20.1 Å². The highest BCUT2D eigenvalue weighted by Crippen LogP contribution is 2.20. The lowest BCUT2D eigenvalue weighted by Crippen LogP contribution is -2.27. The van der Waals surface area contributed by atoms with E-state index in [1.807, 2.05) is 23.6 Å². The molecule has 0 radical (unpaired) electrons. The monoisotopic (exact) mass is 298 g/mol. The van der Waals surface area contributed by atoms with Crippen LogP contribution in [-0.4, -0.2) is 20.7 Å². The van der Waals surface area contributed by atoms with E-state index in [4.69, 9.17) is 0 Å². The third-order valence-electron chi connectivity index (χ3n) is 3.00. The summed E-state index contributed by atoms with van der Waals surface area (Å²) in [7, 11) is 0. The third-order valence-corrected chi connectivity index (χ3v) is 3.68. The molecule has 0 aliphatic rings. The molecule has 0 bridgehead atoms. The van der Waals surface area contributed by atoms with E-state index in [0.717, 1.165) is 16.8 Å². The molecule has 0 aliphatic heterocycles. The fourth-order valence-corrected chi connectivity index (χ4v) is 2.60. The van der Waals surface area contributed by atoms with E-state index in [1.165, 1.54) is 0 Å². The summed E-state index contributed by atoms with van der Waals surface area (Å²) in [5, 5.41) is 11.0. The van der Waals surface area contributed by atoms with Crippen molar-refractivity contribution >= 4 is 17.2 Å². The molecule has 0 fully saturated rings. The molecule has 0 aromatic carbocycles. The summed E-state index contributed by atoms with van der Waals surface area (Å²) in [4.78, 5) is 16.2. The first-order chi connectivity index (χ1) is 10.3. The topological polar surface area (TPSA) is 59.8 Å². The van der Waals surface area contributed by atoms with E-state index in [1.54, 1.807) is 40.7 Å². The molecule has 0 saturated heterocycles. The molecule has 3 rings (SSSR count). The largest absolute Gasteiger partial charge is 0.350 e. The van der Waals surface area contributed by atoms with Crippen molar-refractivity contribution in [1.29, 1.82) is 0 Å². The maximum absolute atomic E-state index is 11.8. The molecular weight excluding hydrogens is 284 g/mol. The number of carbonyl (C=O) groups is 1. The quantitative estimate of drug-likeness (QED) is 0.786. The van der Waals surface area contributed by atoms with Gasteiger partial charge in [0, 0.05) is 36.1 Å². The van der Waals surface area contributed by atoms with Crippen LogP contribution in [0.25, 0.3) is 11.3 Å². The molecule has 3 aromatic rings. The number of hydrogen-bond acceptors (Lipinski definition) is 4. The van der Waals surface area contributed by atoms with Gasteiger partial charge in [-0.15, -0.1) is 0 Å². The predicted molar refractivity (Wildman–Crippen MR) is 81.6 cm³/mol. The minimum Gasteiger partial charge on any atom is -0.350 e. The van der Waals surface area contributed by atoms with E-state index in [0.29, 0.717) is 6.54 Å². The molecule has 0 saturated carbocycles. The Kier molecular flexibility index (Phi) is 4.07. The first-order valence-corrected chi connectivity index (χ1v) is 7.47. The summed E-state index contributed by atoms with van der Waals surface area (Å²) in [6.45, 7) is 0.717. The summed E-state index contributed by atoms with van der Waals surface area (Å²) in [5.74, 6) is -0.0624. The Morgan fingerprint density at radius 1 is 1.33 bits per heavy atom. The van der Waals surface area contributed by atoms with E-state index in [9.17, 15) is 4.79 Å². The molecular formula is C15H14N4OS. The zero-order valence-corrected chi connectivity index (χ0v) is 12.1. The van der Waals surface area contributed by atoms with Crippen molar-refractivity contribution in [2.24, 2.45) is 0 Å². The van der Waals surface area contributed by atoms with Crippen molar-refractivity contribution in [3.8, 4) is 11.3 Å². The number of aromatic nitrogens is 3. The van der Waals surface area contributed by atoms with Gasteiger partial charge >= 0.3 is 0 Å². The Hall–Kier alpha value is -2.47. The minimum absolute atomic E-state index is 0.0624. The van der Waals surface area contributed by atoms with Gasteiger partial charge in [0.1, 0.15) is 6.54 Å². The number of amides is 1. The van der Waals surface area contributed by atoms with Crippen LogP contribution in [0.1, 0.15) is 5.56 Å².